The molecule has 0 spiro atoms. The Morgan fingerprint density at radius 1 is 1.26 bits per heavy atom. The average Bonchev–Trinajstić information content (AvgIpc) is 2.86. The minimum atomic E-state index is -1.80. The van der Waals surface area contributed by atoms with Crippen molar-refractivity contribution in [3.8, 4) is 0 Å². The van der Waals surface area contributed by atoms with Crippen LogP contribution in [0.3, 0.4) is 0 Å². The van der Waals surface area contributed by atoms with Crippen LogP contribution in [0, 0.1) is 0 Å². The van der Waals surface area contributed by atoms with Crippen LogP contribution in [0.2, 0.25) is 18.1 Å². The summed E-state index contributed by atoms with van der Waals surface area (Å²) in [5, 5.41) is 0.170. The third-order valence-electron chi connectivity index (χ3n) is 4.40. The van der Waals surface area contributed by atoms with Gasteiger partial charge in [-0.1, -0.05) is 20.8 Å². The molecule has 0 N–H and O–H groups in total. The normalized spacial score (nSPS) is 12.6. The lowest BCUT2D eigenvalue weighted by molar-refractivity contribution is 0.0526. The van der Waals surface area contributed by atoms with Gasteiger partial charge in [-0.15, -0.1) is 0 Å². The maximum absolute atomic E-state index is 11.8. The number of rotatable bonds is 5. The van der Waals surface area contributed by atoms with E-state index in [0.717, 1.165) is 11.3 Å². The van der Waals surface area contributed by atoms with E-state index in [1.807, 2.05) is 16.7 Å². The Morgan fingerprint density at radius 3 is 2.57 bits per heavy atom. The second-order valence-corrected chi connectivity index (χ2v) is 12.0. The second kappa shape index (κ2) is 6.45. The minimum absolute atomic E-state index is 0.170. The number of pyridine rings is 1. The third kappa shape index (κ3) is 4.00. The first kappa shape index (κ1) is 17.7. The summed E-state index contributed by atoms with van der Waals surface area (Å²) in [6.45, 7) is 13.8. The number of hydrogen-bond acceptors (Lipinski definition) is 4. The molecular weight excluding hydrogens is 308 g/mol. The van der Waals surface area contributed by atoms with E-state index in [0.29, 0.717) is 18.8 Å². The van der Waals surface area contributed by atoms with Crippen LogP contribution in [0.5, 0.6) is 0 Å². The molecule has 0 radical (unpaired) electrons. The molecular formula is C17H26N2O3Si. The largest absolute Gasteiger partial charge is 0.462 e. The van der Waals surface area contributed by atoms with Gasteiger partial charge in [0, 0.05) is 12.4 Å². The number of carbonyl (C=O) groups is 1. The average molecular weight is 334 g/mol. The first-order valence-electron chi connectivity index (χ1n) is 7.93. The van der Waals surface area contributed by atoms with E-state index in [9.17, 15) is 4.79 Å². The van der Waals surface area contributed by atoms with Gasteiger partial charge in [-0.05, 0) is 37.2 Å². The second-order valence-electron chi connectivity index (χ2n) is 7.18. The molecule has 0 aromatic carbocycles. The van der Waals surface area contributed by atoms with E-state index >= 15 is 0 Å². The molecule has 0 fully saturated rings. The Morgan fingerprint density at radius 2 is 1.96 bits per heavy atom. The number of hydrogen-bond donors (Lipinski definition) is 0. The summed E-state index contributed by atoms with van der Waals surface area (Å²) in [6.07, 6.45) is 3.65. The summed E-state index contributed by atoms with van der Waals surface area (Å²) in [6, 6.07) is 3.56. The van der Waals surface area contributed by atoms with Crippen molar-refractivity contribution in [1.82, 2.24) is 9.38 Å². The summed E-state index contributed by atoms with van der Waals surface area (Å²) in [4.78, 5) is 16.3. The van der Waals surface area contributed by atoms with Crippen LogP contribution in [0.1, 0.15) is 43.7 Å². The van der Waals surface area contributed by atoms with Crippen molar-refractivity contribution in [1.29, 1.82) is 0 Å². The zero-order valence-electron chi connectivity index (χ0n) is 14.8. The highest BCUT2D eigenvalue weighted by atomic mass is 28.4. The number of esters is 1. The van der Waals surface area contributed by atoms with Crippen LogP contribution in [-0.2, 0) is 15.8 Å². The van der Waals surface area contributed by atoms with Gasteiger partial charge < -0.3 is 13.6 Å². The molecule has 0 atom stereocenters. The highest BCUT2D eigenvalue weighted by Crippen LogP contribution is 2.37. The maximum Gasteiger partial charge on any atom is 0.339 e. The van der Waals surface area contributed by atoms with Gasteiger partial charge in [0.2, 0.25) is 0 Å². The molecule has 0 saturated heterocycles. The number of imidazole rings is 1. The Balaban J connectivity index is 2.16. The maximum atomic E-state index is 11.8. The lowest BCUT2D eigenvalue weighted by Gasteiger charge is -2.35. The molecule has 23 heavy (non-hydrogen) atoms. The van der Waals surface area contributed by atoms with Crippen LogP contribution in [-0.4, -0.2) is 30.3 Å². The molecule has 2 rings (SSSR count). The van der Waals surface area contributed by atoms with Crippen LogP contribution < -0.4 is 0 Å². The molecule has 2 aromatic rings. The molecule has 0 aliphatic rings. The standard InChI is InChI=1S/C17H26N2O3Si/c1-7-21-16(20)13-8-9-15-18-14(11-19(15)10-13)12-22-23(5,6)17(2,3)4/h8-11H,7,12H2,1-6H3. The van der Waals surface area contributed by atoms with Gasteiger partial charge in [0.15, 0.2) is 8.32 Å². The van der Waals surface area contributed by atoms with Crippen LogP contribution in [0.15, 0.2) is 24.5 Å². The lowest BCUT2D eigenvalue weighted by Crippen LogP contribution is -2.40. The Bertz CT molecular complexity index is 701. The molecule has 2 heterocycles. The molecule has 0 amide bonds. The van der Waals surface area contributed by atoms with E-state index in [1.165, 1.54) is 0 Å². The fraction of sp³-hybridized carbons (Fsp3) is 0.529. The zero-order chi connectivity index (χ0) is 17.3. The summed E-state index contributed by atoms with van der Waals surface area (Å²) in [7, 11) is -1.80. The number of carbonyl (C=O) groups excluding carboxylic acids is 1. The van der Waals surface area contributed by atoms with E-state index < -0.39 is 8.32 Å². The smallest absolute Gasteiger partial charge is 0.339 e. The third-order valence-corrected chi connectivity index (χ3v) is 8.88. The predicted molar refractivity (Wildman–Crippen MR) is 93.1 cm³/mol. The first-order valence-corrected chi connectivity index (χ1v) is 10.8. The molecule has 126 valence electrons. The highest BCUT2D eigenvalue weighted by Gasteiger charge is 2.37. The number of aromatic nitrogens is 2. The first-order chi connectivity index (χ1) is 10.6. The minimum Gasteiger partial charge on any atom is -0.462 e. The number of ether oxygens (including phenoxy) is 1. The highest BCUT2D eigenvalue weighted by molar-refractivity contribution is 6.74. The summed E-state index contributed by atoms with van der Waals surface area (Å²) < 4.78 is 13.1. The fourth-order valence-electron chi connectivity index (χ4n) is 1.92. The zero-order valence-corrected chi connectivity index (χ0v) is 15.8. The van der Waals surface area contributed by atoms with Crippen molar-refractivity contribution in [3.05, 3.63) is 35.8 Å². The summed E-state index contributed by atoms with van der Waals surface area (Å²) >= 11 is 0. The van der Waals surface area contributed by atoms with Gasteiger partial charge in [0.1, 0.15) is 5.65 Å². The van der Waals surface area contributed by atoms with Gasteiger partial charge >= 0.3 is 5.97 Å². The Hall–Kier alpha value is -1.66. The van der Waals surface area contributed by atoms with Gasteiger partial charge in [-0.3, -0.25) is 0 Å². The number of fused-ring (bicyclic) bond motifs is 1. The van der Waals surface area contributed by atoms with E-state index in [-0.39, 0.29) is 11.0 Å². The van der Waals surface area contributed by atoms with Gasteiger partial charge in [0.05, 0.1) is 24.5 Å². The van der Waals surface area contributed by atoms with Crippen molar-refractivity contribution in [2.45, 2.75) is 52.4 Å². The Labute approximate surface area is 138 Å². The van der Waals surface area contributed by atoms with Crippen molar-refractivity contribution >= 4 is 19.9 Å². The van der Waals surface area contributed by atoms with Crippen LogP contribution in [0.4, 0.5) is 0 Å². The molecule has 0 aliphatic heterocycles. The van der Waals surface area contributed by atoms with Gasteiger partial charge in [-0.25, -0.2) is 9.78 Å². The van der Waals surface area contributed by atoms with Crippen molar-refractivity contribution in [3.63, 3.8) is 0 Å². The SMILES string of the molecule is CCOC(=O)c1ccc2nc(CO[Si](C)(C)C(C)(C)C)cn2c1. The van der Waals surface area contributed by atoms with E-state index in [1.54, 1.807) is 19.2 Å². The summed E-state index contributed by atoms with van der Waals surface area (Å²) in [5.41, 5.74) is 2.19. The number of nitrogens with zero attached hydrogens (tertiary/aromatic N) is 2. The summed E-state index contributed by atoms with van der Waals surface area (Å²) in [5.74, 6) is -0.317. The molecule has 0 saturated carbocycles. The molecule has 6 heteroatoms. The molecule has 2 aromatic heterocycles. The van der Waals surface area contributed by atoms with E-state index in [4.69, 9.17) is 9.16 Å². The molecule has 0 aliphatic carbocycles. The van der Waals surface area contributed by atoms with E-state index in [2.05, 4.69) is 38.8 Å². The molecule has 0 unspecified atom stereocenters. The topological polar surface area (TPSA) is 52.8 Å². The predicted octanol–water partition coefficient (Wildman–Crippen LogP) is 4.03. The van der Waals surface area contributed by atoms with Crippen molar-refractivity contribution < 1.29 is 14.0 Å². The van der Waals surface area contributed by atoms with Gasteiger partial charge in [-0.2, -0.15) is 0 Å². The quantitative estimate of drug-likeness (QED) is 0.612. The molecule has 0 bridgehead atoms. The lowest BCUT2D eigenvalue weighted by atomic mass is 10.2. The fourth-order valence-corrected chi connectivity index (χ4v) is 2.86. The van der Waals surface area contributed by atoms with Crippen LogP contribution in [0.25, 0.3) is 5.65 Å². The van der Waals surface area contributed by atoms with Crippen molar-refractivity contribution in [2.24, 2.45) is 0 Å². The van der Waals surface area contributed by atoms with Crippen molar-refractivity contribution in [2.75, 3.05) is 6.61 Å². The Kier molecular flexibility index (Phi) is 4.96. The monoisotopic (exact) mass is 334 g/mol. The molecule has 5 nitrogen and oxygen atoms in total. The van der Waals surface area contributed by atoms with Gasteiger partial charge in [0.25, 0.3) is 0 Å². The van der Waals surface area contributed by atoms with Crippen LogP contribution >= 0.6 is 0 Å².